The molecule has 0 unspecified atom stereocenters. The van der Waals surface area contributed by atoms with Gasteiger partial charge in [-0.1, -0.05) is 23.1 Å². The van der Waals surface area contributed by atoms with E-state index in [1.54, 1.807) is 0 Å². The fourth-order valence-electron chi connectivity index (χ4n) is 1.66. The first-order valence-corrected chi connectivity index (χ1v) is 7.37. The topological polar surface area (TPSA) is 64.1 Å². The Morgan fingerprint density at radius 3 is 2.94 bits per heavy atom. The lowest BCUT2D eigenvalue weighted by molar-refractivity contribution is -0.140. The van der Waals surface area contributed by atoms with Crippen molar-refractivity contribution in [2.24, 2.45) is 0 Å². The van der Waals surface area contributed by atoms with Gasteiger partial charge >= 0.3 is 5.97 Å². The van der Waals surface area contributed by atoms with E-state index < -0.39 is 0 Å². The van der Waals surface area contributed by atoms with Crippen molar-refractivity contribution < 1.29 is 9.53 Å². The van der Waals surface area contributed by atoms with E-state index in [0.29, 0.717) is 6.04 Å². The molecule has 2 aliphatic rings. The van der Waals surface area contributed by atoms with Crippen molar-refractivity contribution in [2.45, 2.75) is 47.9 Å². The number of nitrogens with zero attached hydrogens (tertiary/aromatic N) is 2. The zero-order chi connectivity index (χ0) is 11.8. The first-order valence-electron chi connectivity index (χ1n) is 5.68. The minimum absolute atomic E-state index is 0.0250. The zero-order valence-corrected chi connectivity index (χ0v) is 11.0. The molecule has 1 N–H and O–H groups in total. The van der Waals surface area contributed by atoms with Crippen LogP contribution in [0.25, 0.3) is 0 Å². The van der Waals surface area contributed by atoms with Gasteiger partial charge < -0.3 is 10.1 Å². The van der Waals surface area contributed by atoms with Crippen LogP contribution >= 0.6 is 23.1 Å². The third-order valence-corrected chi connectivity index (χ3v) is 4.82. The highest BCUT2D eigenvalue weighted by Gasteiger charge is 2.33. The van der Waals surface area contributed by atoms with E-state index in [1.807, 2.05) is 6.92 Å². The molecule has 1 aliphatic carbocycles. The first kappa shape index (κ1) is 11.3. The van der Waals surface area contributed by atoms with E-state index in [4.69, 9.17) is 4.74 Å². The number of hydrogen-bond acceptors (Lipinski definition) is 7. The van der Waals surface area contributed by atoms with E-state index in [1.165, 1.54) is 35.9 Å². The standard InChI is InChI=1S/C10H13N3O2S2/c1-5-4-7(8(14)15-5)16-10-13-12-9(17-10)11-6-2-3-6/h5-7H,2-4H2,1H3,(H,11,12)/t5-,7+/m0/s1. The lowest BCUT2D eigenvalue weighted by Crippen LogP contribution is -2.08. The van der Waals surface area contributed by atoms with Crippen LogP contribution in [0.3, 0.4) is 0 Å². The molecule has 2 heterocycles. The largest absolute Gasteiger partial charge is 0.462 e. The number of carbonyl (C=O) groups is 1. The molecule has 1 saturated heterocycles. The van der Waals surface area contributed by atoms with Crippen LogP contribution in [0.4, 0.5) is 5.13 Å². The summed E-state index contributed by atoms with van der Waals surface area (Å²) in [6.45, 7) is 1.92. The van der Waals surface area contributed by atoms with Gasteiger partial charge in [-0.05, 0) is 19.8 Å². The van der Waals surface area contributed by atoms with Gasteiger partial charge in [0, 0.05) is 12.5 Å². The van der Waals surface area contributed by atoms with Crippen LogP contribution in [-0.2, 0) is 9.53 Å². The van der Waals surface area contributed by atoms with Gasteiger partial charge in [-0.3, -0.25) is 4.79 Å². The number of carbonyl (C=O) groups excluding carboxylic acids is 1. The van der Waals surface area contributed by atoms with Crippen molar-refractivity contribution in [1.82, 2.24) is 10.2 Å². The normalized spacial score (nSPS) is 28.2. The number of nitrogens with one attached hydrogen (secondary N) is 1. The van der Waals surface area contributed by atoms with Crippen LogP contribution in [-0.4, -0.2) is 33.6 Å². The van der Waals surface area contributed by atoms with E-state index in [-0.39, 0.29) is 17.3 Å². The highest BCUT2D eigenvalue weighted by atomic mass is 32.2. The number of esters is 1. The third-order valence-electron chi connectivity index (χ3n) is 2.68. The second kappa shape index (κ2) is 4.45. The monoisotopic (exact) mass is 271 g/mol. The Morgan fingerprint density at radius 1 is 1.47 bits per heavy atom. The summed E-state index contributed by atoms with van der Waals surface area (Å²) >= 11 is 2.97. The first-order chi connectivity index (χ1) is 8.20. The smallest absolute Gasteiger partial charge is 0.319 e. The lowest BCUT2D eigenvalue weighted by Gasteiger charge is -1.99. The second-order valence-electron chi connectivity index (χ2n) is 4.38. The summed E-state index contributed by atoms with van der Waals surface area (Å²) < 4.78 is 5.95. The molecule has 0 spiro atoms. The predicted octanol–water partition coefficient (Wildman–Crippen LogP) is 1.91. The maximum Gasteiger partial charge on any atom is 0.319 e. The highest BCUT2D eigenvalue weighted by Crippen LogP contribution is 2.36. The van der Waals surface area contributed by atoms with Crippen molar-refractivity contribution in [3.63, 3.8) is 0 Å². The lowest BCUT2D eigenvalue weighted by atomic mass is 10.3. The molecule has 17 heavy (non-hydrogen) atoms. The van der Waals surface area contributed by atoms with E-state index in [2.05, 4.69) is 15.5 Å². The number of aromatic nitrogens is 2. The number of ether oxygens (including phenoxy) is 1. The summed E-state index contributed by atoms with van der Waals surface area (Å²) in [6.07, 6.45) is 3.22. The minimum atomic E-state index is -0.130. The molecule has 5 nitrogen and oxygen atoms in total. The summed E-state index contributed by atoms with van der Waals surface area (Å²) in [4.78, 5) is 11.5. The molecule has 2 fully saturated rings. The van der Waals surface area contributed by atoms with E-state index in [0.717, 1.165) is 15.9 Å². The molecule has 92 valence electrons. The Kier molecular flexibility index (Phi) is 2.96. The van der Waals surface area contributed by atoms with Gasteiger partial charge in [0.2, 0.25) is 5.13 Å². The summed E-state index contributed by atoms with van der Waals surface area (Å²) in [5.74, 6) is -0.130. The Labute approximate surface area is 107 Å². The maximum absolute atomic E-state index is 11.5. The van der Waals surface area contributed by atoms with Crippen LogP contribution in [0.5, 0.6) is 0 Å². The van der Waals surface area contributed by atoms with Crippen LogP contribution in [0.15, 0.2) is 4.34 Å². The molecule has 0 amide bonds. The Hall–Kier alpha value is -0.820. The maximum atomic E-state index is 11.5. The van der Waals surface area contributed by atoms with Gasteiger partial charge in [0.05, 0.1) is 0 Å². The summed E-state index contributed by atoms with van der Waals surface area (Å²) in [5, 5.41) is 12.2. The van der Waals surface area contributed by atoms with E-state index >= 15 is 0 Å². The molecular weight excluding hydrogens is 258 g/mol. The number of rotatable bonds is 4. The summed E-state index contributed by atoms with van der Waals surface area (Å²) in [5.41, 5.74) is 0. The SMILES string of the molecule is C[C@H]1C[C@@H](Sc2nnc(NC3CC3)s2)C(=O)O1. The van der Waals surface area contributed by atoms with Crippen molar-refractivity contribution in [3.05, 3.63) is 0 Å². The fraction of sp³-hybridized carbons (Fsp3) is 0.700. The van der Waals surface area contributed by atoms with Crippen molar-refractivity contribution in [2.75, 3.05) is 5.32 Å². The zero-order valence-electron chi connectivity index (χ0n) is 9.38. The van der Waals surface area contributed by atoms with Crippen LogP contribution < -0.4 is 5.32 Å². The average molecular weight is 271 g/mol. The molecule has 1 saturated carbocycles. The molecule has 1 aromatic rings. The second-order valence-corrected chi connectivity index (χ2v) is 6.81. The predicted molar refractivity (Wildman–Crippen MR) is 66.4 cm³/mol. The fourth-order valence-corrected chi connectivity index (χ4v) is 3.84. The van der Waals surface area contributed by atoms with Crippen LogP contribution in [0, 0.1) is 0 Å². The van der Waals surface area contributed by atoms with E-state index in [9.17, 15) is 4.79 Å². The van der Waals surface area contributed by atoms with Crippen molar-refractivity contribution >= 4 is 34.2 Å². The highest BCUT2D eigenvalue weighted by molar-refractivity contribution is 8.02. The van der Waals surface area contributed by atoms with Crippen molar-refractivity contribution in [1.29, 1.82) is 0 Å². The molecule has 1 aromatic heterocycles. The summed E-state index contributed by atoms with van der Waals surface area (Å²) in [6, 6.07) is 0.581. The number of cyclic esters (lactones) is 1. The van der Waals surface area contributed by atoms with Gasteiger partial charge in [-0.2, -0.15) is 0 Å². The molecule has 0 radical (unpaired) electrons. The number of hydrogen-bond donors (Lipinski definition) is 1. The van der Waals surface area contributed by atoms with Gasteiger partial charge in [0.1, 0.15) is 11.4 Å². The van der Waals surface area contributed by atoms with Crippen LogP contribution in [0.2, 0.25) is 0 Å². The van der Waals surface area contributed by atoms with Gasteiger partial charge in [0.25, 0.3) is 0 Å². The third kappa shape index (κ3) is 2.71. The average Bonchev–Trinajstić information content (AvgIpc) is 2.88. The quantitative estimate of drug-likeness (QED) is 0.844. The molecule has 0 aromatic carbocycles. The van der Waals surface area contributed by atoms with Gasteiger partial charge in [0.15, 0.2) is 4.34 Å². The molecule has 2 atom stereocenters. The Balaban J connectivity index is 1.60. The minimum Gasteiger partial charge on any atom is -0.462 e. The molecular formula is C10H13N3O2S2. The van der Waals surface area contributed by atoms with Gasteiger partial charge in [-0.25, -0.2) is 0 Å². The summed E-state index contributed by atoms with van der Waals surface area (Å²) in [7, 11) is 0. The molecule has 1 aliphatic heterocycles. The number of thioether (sulfide) groups is 1. The molecule has 7 heteroatoms. The number of anilines is 1. The molecule has 0 bridgehead atoms. The van der Waals surface area contributed by atoms with Crippen molar-refractivity contribution in [3.8, 4) is 0 Å². The Morgan fingerprint density at radius 2 is 2.29 bits per heavy atom. The van der Waals surface area contributed by atoms with Crippen LogP contribution in [0.1, 0.15) is 26.2 Å². The Bertz CT molecular complexity index is 433. The molecule has 3 rings (SSSR count). The van der Waals surface area contributed by atoms with Gasteiger partial charge in [-0.15, -0.1) is 10.2 Å².